The van der Waals surface area contributed by atoms with Crippen LogP contribution in [0, 0.1) is 12.7 Å². The lowest BCUT2D eigenvalue weighted by Crippen LogP contribution is -2.44. The molecule has 0 radical (unpaired) electrons. The number of aryl methyl sites for hydroxylation is 1. The van der Waals surface area contributed by atoms with Crippen molar-refractivity contribution in [2.24, 2.45) is 0 Å². The maximum Gasteiger partial charge on any atom is 0.242 e. The number of carbonyl (C=O) groups excluding carboxylic acids is 3. The van der Waals surface area contributed by atoms with Crippen molar-refractivity contribution in [2.45, 2.75) is 32.7 Å². The molecule has 3 amide bonds. The maximum absolute atomic E-state index is 12.9. The lowest BCUT2D eigenvalue weighted by atomic mass is 10.0. The van der Waals surface area contributed by atoms with E-state index in [4.69, 9.17) is 0 Å². The van der Waals surface area contributed by atoms with E-state index in [2.05, 4.69) is 16.2 Å². The SMILES string of the molecule is CC(=O)NC(CC(=O)NNC(=O)Cc1ccc(F)cc1)c1ccc(C)cc1. The molecule has 1 atom stereocenters. The monoisotopic (exact) mass is 371 g/mol. The van der Waals surface area contributed by atoms with E-state index in [1.807, 2.05) is 31.2 Å². The van der Waals surface area contributed by atoms with Crippen LogP contribution in [0.3, 0.4) is 0 Å². The molecule has 0 bridgehead atoms. The maximum atomic E-state index is 12.9. The van der Waals surface area contributed by atoms with Crippen LogP contribution in [-0.4, -0.2) is 17.7 Å². The number of hydrogen-bond donors (Lipinski definition) is 3. The molecule has 0 heterocycles. The molecule has 3 N–H and O–H groups in total. The Labute approximate surface area is 157 Å². The van der Waals surface area contributed by atoms with Gasteiger partial charge in [0.2, 0.25) is 17.7 Å². The first-order valence-electron chi connectivity index (χ1n) is 8.49. The van der Waals surface area contributed by atoms with Gasteiger partial charge in [0.05, 0.1) is 18.9 Å². The highest BCUT2D eigenvalue weighted by Gasteiger charge is 2.17. The van der Waals surface area contributed by atoms with Gasteiger partial charge in [-0.15, -0.1) is 0 Å². The average Bonchev–Trinajstić information content (AvgIpc) is 2.62. The molecule has 0 spiro atoms. The quantitative estimate of drug-likeness (QED) is 0.680. The molecule has 0 aliphatic rings. The van der Waals surface area contributed by atoms with Crippen molar-refractivity contribution in [3.05, 3.63) is 71.0 Å². The molecule has 142 valence electrons. The summed E-state index contributed by atoms with van der Waals surface area (Å²) >= 11 is 0. The van der Waals surface area contributed by atoms with E-state index in [0.29, 0.717) is 5.56 Å². The normalized spacial score (nSPS) is 11.4. The number of halogens is 1. The molecule has 2 aromatic rings. The second kappa shape index (κ2) is 9.47. The minimum atomic E-state index is -0.503. The Bertz CT molecular complexity index is 804. The molecule has 2 aromatic carbocycles. The molecule has 0 aromatic heterocycles. The first-order valence-corrected chi connectivity index (χ1v) is 8.49. The van der Waals surface area contributed by atoms with E-state index in [1.165, 1.54) is 31.2 Å². The van der Waals surface area contributed by atoms with E-state index in [9.17, 15) is 18.8 Å². The van der Waals surface area contributed by atoms with Crippen LogP contribution in [0.5, 0.6) is 0 Å². The summed E-state index contributed by atoms with van der Waals surface area (Å²) in [6.45, 7) is 3.32. The van der Waals surface area contributed by atoms with Crippen molar-refractivity contribution in [3.63, 3.8) is 0 Å². The van der Waals surface area contributed by atoms with E-state index in [0.717, 1.165) is 11.1 Å². The van der Waals surface area contributed by atoms with Gasteiger partial charge in [0.1, 0.15) is 5.82 Å². The highest BCUT2D eigenvalue weighted by molar-refractivity contribution is 5.84. The predicted octanol–water partition coefficient (Wildman–Crippen LogP) is 2.09. The zero-order chi connectivity index (χ0) is 19.8. The minimum absolute atomic E-state index is 0.00759. The standard InChI is InChI=1S/C20H22FN3O3/c1-13-3-7-16(8-4-13)18(22-14(2)25)12-20(27)24-23-19(26)11-15-5-9-17(21)10-6-15/h3-10,18H,11-12H2,1-2H3,(H,22,25)(H,23,26)(H,24,27). The third-order valence-corrected chi connectivity index (χ3v) is 3.87. The molecule has 0 saturated carbocycles. The van der Waals surface area contributed by atoms with Gasteiger partial charge in [-0.1, -0.05) is 42.0 Å². The molecule has 1 unspecified atom stereocenters. The van der Waals surface area contributed by atoms with E-state index >= 15 is 0 Å². The number of benzene rings is 2. The van der Waals surface area contributed by atoms with Crippen LogP contribution in [0.2, 0.25) is 0 Å². The van der Waals surface area contributed by atoms with Crippen LogP contribution in [0.25, 0.3) is 0 Å². The van der Waals surface area contributed by atoms with Crippen LogP contribution in [0.4, 0.5) is 4.39 Å². The molecule has 7 heteroatoms. The zero-order valence-electron chi connectivity index (χ0n) is 15.2. The molecule has 27 heavy (non-hydrogen) atoms. The number of nitrogens with one attached hydrogen (secondary N) is 3. The molecule has 0 fully saturated rings. The summed E-state index contributed by atoms with van der Waals surface area (Å²) in [7, 11) is 0. The molecule has 0 saturated heterocycles. The van der Waals surface area contributed by atoms with E-state index < -0.39 is 17.9 Å². The average molecular weight is 371 g/mol. The van der Waals surface area contributed by atoms with Gasteiger partial charge in [-0.05, 0) is 30.2 Å². The Morgan fingerprint density at radius 2 is 1.52 bits per heavy atom. The summed E-state index contributed by atoms with van der Waals surface area (Å²) in [5, 5.41) is 2.73. The van der Waals surface area contributed by atoms with Gasteiger partial charge >= 0.3 is 0 Å². The van der Waals surface area contributed by atoms with Crippen molar-refractivity contribution in [2.75, 3.05) is 0 Å². The molecule has 0 aliphatic carbocycles. The summed E-state index contributed by atoms with van der Waals surface area (Å²) in [6, 6.07) is 12.5. The Hall–Kier alpha value is -3.22. The summed E-state index contributed by atoms with van der Waals surface area (Å²) < 4.78 is 12.9. The van der Waals surface area contributed by atoms with Crippen LogP contribution in [0.1, 0.15) is 36.1 Å². The second-order valence-electron chi connectivity index (χ2n) is 6.27. The molecular weight excluding hydrogens is 349 g/mol. The van der Waals surface area contributed by atoms with Gasteiger partial charge in [0.15, 0.2) is 0 Å². The van der Waals surface area contributed by atoms with E-state index in [1.54, 1.807) is 0 Å². The second-order valence-corrected chi connectivity index (χ2v) is 6.27. The van der Waals surface area contributed by atoms with Crippen LogP contribution in [0.15, 0.2) is 48.5 Å². The fraction of sp³-hybridized carbons (Fsp3) is 0.250. The first-order chi connectivity index (χ1) is 12.8. The van der Waals surface area contributed by atoms with Gasteiger partial charge in [-0.2, -0.15) is 0 Å². The Kier molecular flexibility index (Phi) is 7.05. The first kappa shape index (κ1) is 20.1. The Morgan fingerprint density at radius 1 is 0.926 bits per heavy atom. The van der Waals surface area contributed by atoms with Gasteiger partial charge in [-0.3, -0.25) is 25.2 Å². The molecule has 6 nitrogen and oxygen atoms in total. The number of hydrazine groups is 1. The van der Waals surface area contributed by atoms with Crippen molar-refractivity contribution in [1.29, 1.82) is 0 Å². The van der Waals surface area contributed by atoms with Crippen LogP contribution in [-0.2, 0) is 20.8 Å². The Balaban J connectivity index is 1.89. The van der Waals surface area contributed by atoms with Crippen molar-refractivity contribution < 1.29 is 18.8 Å². The topological polar surface area (TPSA) is 87.3 Å². The number of hydrogen-bond acceptors (Lipinski definition) is 3. The third kappa shape index (κ3) is 6.89. The number of rotatable bonds is 6. The third-order valence-electron chi connectivity index (χ3n) is 3.87. The molecule has 0 aliphatic heterocycles. The fourth-order valence-electron chi connectivity index (χ4n) is 2.50. The predicted molar refractivity (Wildman–Crippen MR) is 98.7 cm³/mol. The summed E-state index contributed by atoms with van der Waals surface area (Å²) in [5.41, 5.74) is 7.14. The minimum Gasteiger partial charge on any atom is -0.349 e. The van der Waals surface area contributed by atoms with Gasteiger partial charge in [0.25, 0.3) is 0 Å². The van der Waals surface area contributed by atoms with Crippen molar-refractivity contribution in [3.8, 4) is 0 Å². The van der Waals surface area contributed by atoms with Crippen molar-refractivity contribution in [1.82, 2.24) is 16.2 Å². The van der Waals surface area contributed by atoms with Gasteiger partial charge < -0.3 is 5.32 Å². The number of carbonyl (C=O) groups is 3. The zero-order valence-corrected chi connectivity index (χ0v) is 15.2. The molecular formula is C20H22FN3O3. The smallest absolute Gasteiger partial charge is 0.242 e. The molecule has 2 rings (SSSR count). The Morgan fingerprint density at radius 3 is 2.11 bits per heavy atom. The summed E-state index contributed by atoms with van der Waals surface area (Å²) in [6.07, 6.45) is -0.0207. The van der Waals surface area contributed by atoms with Crippen LogP contribution >= 0.6 is 0 Å². The van der Waals surface area contributed by atoms with Gasteiger partial charge in [0, 0.05) is 6.92 Å². The highest BCUT2D eigenvalue weighted by atomic mass is 19.1. The largest absolute Gasteiger partial charge is 0.349 e. The van der Waals surface area contributed by atoms with Gasteiger partial charge in [-0.25, -0.2) is 4.39 Å². The van der Waals surface area contributed by atoms with E-state index in [-0.39, 0.29) is 24.6 Å². The fourth-order valence-corrected chi connectivity index (χ4v) is 2.50. The summed E-state index contributed by atoms with van der Waals surface area (Å²) in [4.78, 5) is 35.5. The lowest BCUT2D eigenvalue weighted by Gasteiger charge is -2.18. The van der Waals surface area contributed by atoms with Crippen LogP contribution < -0.4 is 16.2 Å². The lowest BCUT2D eigenvalue weighted by molar-refractivity contribution is -0.129. The summed E-state index contributed by atoms with van der Waals surface area (Å²) in [5.74, 6) is -1.51. The van der Waals surface area contributed by atoms with Crippen molar-refractivity contribution >= 4 is 17.7 Å². The number of amides is 3. The highest BCUT2D eigenvalue weighted by Crippen LogP contribution is 2.17.